The standard InChI is InChI=1S/C18H16FN5O3/c19-10-6-13-11-2-1-3-12(11)15-9-22-24-16(23-15)14(8-21-24)18(25)27-5-4-26-17(13)20-7-10/h6-9,11-12H,1-5H2/t11-,12?/m1/s1. The Morgan fingerprint density at radius 1 is 1.07 bits per heavy atom. The van der Waals surface area contributed by atoms with Gasteiger partial charge in [0.1, 0.15) is 24.6 Å². The van der Waals surface area contributed by atoms with E-state index in [0.717, 1.165) is 36.7 Å². The summed E-state index contributed by atoms with van der Waals surface area (Å²) in [6.45, 7) is 0.165. The molecule has 2 aliphatic rings. The molecule has 0 aromatic carbocycles. The van der Waals surface area contributed by atoms with Crippen molar-refractivity contribution in [3.8, 4) is 5.88 Å². The summed E-state index contributed by atoms with van der Waals surface area (Å²) in [5, 5.41) is 8.35. The summed E-state index contributed by atoms with van der Waals surface area (Å²) in [6, 6.07) is 1.48. The molecule has 0 radical (unpaired) electrons. The fourth-order valence-electron chi connectivity index (χ4n) is 3.98. The first-order chi connectivity index (χ1) is 13.2. The maximum Gasteiger partial charge on any atom is 0.343 e. The number of carbonyl (C=O) groups excluding carboxylic acids is 1. The van der Waals surface area contributed by atoms with Crippen LogP contribution in [0.15, 0.2) is 24.7 Å². The lowest BCUT2D eigenvalue weighted by Crippen LogP contribution is -2.14. The van der Waals surface area contributed by atoms with Crippen LogP contribution in [0.4, 0.5) is 4.39 Å². The second-order valence-electron chi connectivity index (χ2n) is 6.73. The van der Waals surface area contributed by atoms with Gasteiger partial charge in [-0.1, -0.05) is 6.42 Å². The summed E-state index contributed by atoms with van der Waals surface area (Å²) in [5.41, 5.74) is 2.09. The minimum Gasteiger partial charge on any atom is -0.474 e. The van der Waals surface area contributed by atoms with Crippen molar-refractivity contribution < 1.29 is 18.7 Å². The zero-order valence-corrected chi connectivity index (χ0v) is 14.3. The van der Waals surface area contributed by atoms with Gasteiger partial charge in [0.15, 0.2) is 5.65 Å². The Bertz CT molecular complexity index is 1040. The van der Waals surface area contributed by atoms with Crippen molar-refractivity contribution in [3.05, 3.63) is 47.3 Å². The van der Waals surface area contributed by atoms with Crippen LogP contribution >= 0.6 is 0 Å². The molecule has 1 fully saturated rings. The summed E-state index contributed by atoms with van der Waals surface area (Å²) in [5.74, 6) is -0.509. The van der Waals surface area contributed by atoms with Gasteiger partial charge in [0, 0.05) is 11.5 Å². The van der Waals surface area contributed by atoms with Crippen molar-refractivity contribution in [1.82, 2.24) is 24.8 Å². The molecular formula is C18H16FN5O3. The molecule has 4 heterocycles. The lowest BCUT2D eigenvalue weighted by molar-refractivity contribution is 0.0449. The Balaban J connectivity index is 1.67. The average Bonchev–Trinajstić information content (AvgIpc) is 3.31. The van der Waals surface area contributed by atoms with Crippen molar-refractivity contribution in [3.63, 3.8) is 0 Å². The third kappa shape index (κ3) is 2.70. The molecule has 8 nitrogen and oxygen atoms in total. The number of pyridine rings is 1. The van der Waals surface area contributed by atoms with Gasteiger partial charge in [-0.25, -0.2) is 19.2 Å². The van der Waals surface area contributed by atoms with Crippen molar-refractivity contribution in [2.75, 3.05) is 13.2 Å². The van der Waals surface area contributed by atoms with Crippen LogP contribution in [-0.4, -0.2) is 44.0 Å². The van der Waals surface area contributed by atoms with Crippen LogP contribution in [0, 0.1) is 5.82 Å². The molecule has 0 spiro atoms. The summed E-state index contributed by atoms with van der Waals surface area (Å²) >= 11 is 0. The Labute approximate surface area is 153 Å². The van der Waals surface area contributed by atoms with E-state index >= 15 is 0 Å². The Morgan fingerprint density at radius 3 is 2.81 bits per heavy atom. The maximum atomic E-state index is 13.9. The Kier molecular flexibility index (Phi) is 3.73. The van der Waals surface area contributed by atoms with Gasteiger partial charge in [0.2, 0.25) is 5.88 Å². The van der Waals surface area contributed by atoms with Crippen molar-refractivity contribution in [2.45, 2.75) is 31.1 Å². The number of ether oxygens (including phenoxy) is 2. The van der Waals surface area contributed by atoms with Gasteiger partial charge >= 0.3 is 5.97 Å². The van der Waals surface area contributed by atoms with E-state index in [1.54, 1.807) is 6.20 Å². The topological polar surface area (TPSA) is 91.5 Å². The summed E-state index contributed by atoms with van der Waals surface area (Å²) in [6.07, 6.45) is 6.94. The molecule has 0 amide bonds. The lowest BCUT2D eigenvalue weighted by Gasteiger charge is -2.21. The van der Waals surface area contributed by atoms with E-state index in [9.17, 15) is 9.18 Å². The van der Waals surface area contributed by atoms with E-state index in [0.29, 0.717) is 11.5 Å². The highest BCUT2D eigenvalue weighted by atomic mass is 19.1. The van der Waals surface area contributed by atoms with E-state index in [1.807, 2.05) is 0 Å². The molecule has 3 aromatic heterocycles. The summed E-state index contributed by atoms with van der Waals surface area (Å²) < 4.78 is 26.2. The highest BCUT2D eigenvalue weighted by molar-refractivity contribution is 5.95. The minimum atomic E-state index is -0.533. The number of carbonyl (C=O) groups is 1. The monoisotopic (exact) mass is 369 g/mol. The molecule has 1 unspecified atom stereocenters. The van der Waals surface area contributed by atoms with Crippen LogP contribution in [0.5, 0.6) is 5.88 Å². The first kappa shape index (κ1) is 16.1. The second-order valence-corrected chi connectivity index (χ2v) is 6.73. The van der Waals surface area contributed by atoms with Crippen LogP contribution in [0.25, 0.3) is 5.65 Å². The van der Waals surface area contributed by atoms with E-state index in [-0.39, 0.29) is 30.6 Å². The fraction of sp³-hybridized carbons (Fsp3) is 0.389. The van der Waals surface area contributed by atoms with Gasteiger partial charge in [-0.2, -0.15) is 10.2 Å². The molecule has 1 aliphatic heterocycles. The molecule has 138 valence electrons. The fourth-order valence-corrected chi connectivity index (χ4v) is 3.98. The van der Waals surface area contributed by atoms with E-state index in [2.05, 4.69) is 20.2 Å². The normalized spacial score (nSPS) is 22.2. The molecule has 0 saturated heterocycles. The molecule has 5 rings (SSSR count). The van der Waals surface area contributed by atoms with Crippen LogP contribution in [0.3, 0.4) is 0 Å². The zero-order valence-electron chi connectivity index (χ0n) is 14.3. The van der Waals surface area contributed by atoms with Crippen LogP contribution in [0.1, 0.15) is 52.7 Å². The molecule has 0 N–H and O–H groups in total. The summed E-state index contributed by atoms with van der Waals surface area (Å²) in [4.78, 5) is 21.1. The molecule has 3 aromatic rings. The largest absolute Gasteiger partial charge is 0.474 e. The number of hydrogen-bond donors (Lipinski definition) is 0. The van der Waals surface area contributed by atoms with E-state index in [4.69, 9.17) is 9.47 Å². The van der Waals surface area contributed by atoms with Crippen molar-refractivity contribution >= 4 is 11.6 Å². The highest BCUT2D eigenvalue weighted by Crippen LogP contribution is 2.47. The number of cyclic esters (lactones) is 1. The van der Waals surface area contributed by atoms with E-state index in [1.165, 1.54) is 16.9 Å². The third-order valence-corrected chi connectivity index (χ3v) is 5.18. The smallest absolute Gasteiger partial charge is 0.343 e. The van der Waals surface area contributed by atoms with Gasteiger partial charge in [-0.05, 0) is 24.8 Å². The number of rotatable bonds is 0. The molecule has 1 saturated carbocycles. The molecular weight excluding hydrogens is 353 g/mol. The zero-order chi connectivity index (χ0) is 18.4. The number of esters is 1. The molecule has 1 aliphatic carbocycles. The highest BCUT2D eigenvalue weighted by Gasteiger charge is 2.34. The SMILES string of the molecule is O=C1OCCOc2ncc(F)cc2[C@@H]2CCCC2c2cnn3ncc1c3n2. The van der Waals surface area contributed by atoms with Crippen LogP contribution in [0.2, 0.25) is 0 Å². The summed E-state index contributed by atoms with van der Waals surface area (Å²) in [7, 11) is 0. The van der Waals surface area contributed by atoms with Crippen molar-refractivity contribution in [2.24, 2.45) is 0 Å². The number of aromatic nitrogens is 5. The predicted octanol–water partition coefficient (Wildman–Crippen LogP) is 2.26. The molecule has 9 heteroatoms. The van der Waals surface area contributed by atoms with Crippen molar-refractivity contribution in [1.29, 1.82) is 0 Å². The number of fused-ring (bicyclic) bond motifs is 5. The quantitative estimate of drug-likeness (QED) is 0.561. The maximum absolute atomic E-state index is 13.9. The minimum absolute atomic E-state index is 0.0173. The Morgan fingerprint density at radius 2 is 1.89 bits per heavy atom. The molecule has 2 atom stereocenters. The number of halogens is 1. The van der Waals surface area contributed by atoms with Gasteiger partial charge in [-0.3, -0.25) is 0 Å². The predicted molar refractivity (Wildman–Crippen MR) is 90.1 cm³/mol. The van der Waals surface area contributed by atoms with Gasteiger partial charge in [0.25, 0.3) is 0 Å². The third-order valence-electron chi connectivity index (χ3n) is 5.18. The number of nitrogens with zero attached hydrogens (tertiary/aromatic N) is 5. The van der Waals surface area contributed by atoms with Crippen LogP contribution < -0.4 is 4.74 Å². The van der Waals surface area contributed by atoms with Gasteiger partial charge in [0.05, 0.1) is 24.3 Å². The first-order valence-electron chi connectivity index (χ1n) is 8.87. The first-order valence-corrected chi connectivity index (χ1v) is 8.87. The molecule has 2 bridgehead atoms. The second kappa shape index (κ2) is 6.26. The van der Waals surface area contributed by atoms with Crippen LogP contribution in [-0.2, 0) is 4.74 Å². The van der Waals surface area contributed by atoms with E-state index < -0.39 is 11.8 Å². The number of hydrogen-bond acceptors (Lipinski definition) is 7. The Hall–Kier alpha value is -3.10. The molecule has 27 heavy (non-hydrogen) atoms. The van der Waals surface area contributed by atoms with Gasteiger partial charge < -0.3 is 9.47 Å². The average molecular weight is 369 g/mol. The van der Waals surface area contributed by atoms with Gasteiger partial charge in [-0.15, -0.1) is 4.63 Å². The lowest BCUT2D eigenvalue weighted by atomic mass is 9.87.